The molecule has 0 amide bonds. The first-order chi connectivity index (χ1) is 17.2. The van der Waals surface area contributed by atoms with Gasteiger partial charge in [-0.1, -0.05) is 119 Å². The van der Waals surface area contributed by atoms with Gasteiger partial charge in [-0.15, -0.1) is 0 Å². The van der Waals surface area contributed by atoms with E-state index in [2.05, 4.69) is 155 Å². The molecule has 0 atom stereocenters. The van der Waals surface area contributed by atoms with Crippen LogP contribution >= 0.6 is 15.9 Å². The zero-order valence-electron chi connectivity index (χ0n) is 19.4. The van der Waals surface area contributed by atoms with Gasteiger partial charge in [0.25, 0.3) is 0 Å². The Kier molecular flexibility index (Phi) is 5.60. The highest BCUT2D eigenvalue weighted by atomic mass is 79.9. The number of nitrogens with zero attached hydrogens (tertiary/aromatic N) is 1. The average Bonchev–Trinajstić information content (AvgIpc) is 3.29. The third kappa shape index (κ3) is 4.11. The molecule has 1 nitrogen and oxygen atoms in total. The van der Waals surface area contributed by atoms with Gasteiger partial charge >= 0.3 is 0 Å². The average molecular weight is 514 g/mol. The van der Waals surface area contributed by atoms with E-state index in [9.17, 15) is 0 Å². The lowest BCUT2D eigenvalue weighted by Crippen LogP contribution is -1.97. The summed E-state index contributed by atoms with van der Waals surface area (Å²) in [6, 6.07) is 45.8. The van der Waals surface area contributed by atoms with Crippen LogP contribution in [0.2, 0.25) is 0 Å². The van der Waals surface area contributed by atoms with E-state index in [4.69, 9.17) is 0 Å². The predicted octanol–water partition coefficient (Wildman–Crippen LogP) is 9.68. The molecule has 0 aliphatic carbocycles. The van der Waals surface area contributed by atoms with Crippen LogP contribution in [-0.4, -0.2) is 4.40 Å². The molecule has 0 saturated heterocycles. The molecule has 0 unspecified atom stereocenters. The van der Waals surface area contributed by atoms with Crippen LogP contribution in [0.3, 0.4) is 0 Å². The summed E-state index contributed by atoms with van der Waals surface area (Å²) >= 11 is 3.60. The fourth-order valence-corrected chi connectivity index (χ4v) is 5.04. The Morgan fingerprint density at radius 2 is 1.11 bits per heavy atom. The topological polar surface area (TPSA) is 4.41 Å². The molecule has 0 aliphatic rings. The van der Waals surface area contributed by atoms with Crippen LogP contribution in [-0.2, 0) is 0 Å². The van der Waals surface area contributed by atoms with Crippen LogP contribution in [0.15, 0.2) is 132 Å². The van der Waals surface area contributed by atoms with Gasteiger partial charge in [-0.05, 0) is 65.1 Å². The summed E-state index contributed by atoms with van der Waals surface area (Å²) in [5, 5.41) is 0. The highest BCUT2D eigenvalue weighted by Gasteiger charge is 2.18. The zero-order valence-corrected chi connectivity index (χ0v) is 21.0. The Morgan fingerprint density at radius 1 is 0.514 bits per heavy atom. The van der Waals surface area contributed by atoms with Gasteiger partial charge in [0.1, 0.15) is 0 Å². The molecule has 4 aromatic carbocycles. The van der Waals surface area contributed by atoms with E-state index in [1.807, 2.05) is 0 Å². The van der Waals surface area contributed by atoms with E-state index in [-0.39, 0.29) is 0 Å². The number of aromatic nitrogens is 1. The number of rotatable bonds is 4. The summed E-state index contributed by atoms with van der Waals surface area (Å²) in [5.41, 5.74) is 12.1. The van der Waals surface area contributed by atoms with Crippen molar-refractivity contribution in [2.45, 2.75) is 6.92 Å². The van der Waals surface area contributed by atoms with Crippen LogP contribution in [0.4, 0.5) is 0 Å². The number of aryl methyl sites for hydroxylation is 1. The maximum atomic E-state index is 3.60. The Morgan fingerprint density at radius 3 is 1.77 bits per heavy atom. The minimum atomic E-state index is 1.08. The molecule has 0 bridgehead atoms. The predicted molar refractivity (Wildman–Crippen MR) is 152 cm³/mol. The Balaban J connectivity index is 1.73. The van der Waals surface area contributed by atoms with Crippen molar-refractivity contribution in [3.8, 4) is 44.8 Å². The minimum absolute atomic E-state index is 1.08. The molecule has 6 rings (SSSR count). The summed E-state index contributed by atoms with van der Waals surface area (Å²) in [4.78, 5) is 0. The SMILES string of the molecule is Cc1ccc(-c2c(-c3ccc(Br)cc3)cc3cc(-c4ccccc4)cc(-c4ccccc4)n23)cc1. The van der Waals surface area contributed by atoms with Gasteiger partial charge in [-0.25, -0.2) is 0 Å². The normalized spacial score (nSPS) is 11.1. The molecule has 0 fully saturated rings. The monoisotopic (exact) mass is 513 g/mol. The largest absolute Gasteiger partial charge is 0.309 e. The molecule has 2 aromatic heterocycles. The summed E-state index contributed by atoms with van der Waals surface area (Å²) in [6.45, 7) is 2.14. The summed E-state index contributed by atoms with van der Waals surface area (Å²) in [7, 11) is 0. The van der Waals surface area contributed by atoms with E-state index in [1.165, 1.54) is 55.8 Å². The van der Waals surface area contributed by atoms with Gasteiger partial charge in [0, 0.05) is 15.6 Å². The molecular formula is C33H24BrN. The lowest BCUT2D eigenvalue weighted by Gasteiger charge is -2.15. The van der Waals surface area contributed by atoms with E-state index in [1.54, 1.807) is 0 Å². The molecule has 0 radical (unpaired) electrons. The lowest BCUT2D eigenvalue weighted by atomic mass is 10.0. The maximum absolute atomic E-state index is 3.60. The number of halogens is 1. The van der Waals surface area contributed by atoms with Crippen LogP contribution in [0, 0.1) is 6.92 Å². The second-order valence-electron chi connectivity index (χ2n) is 8.90. The standard InChI is InChI=1S/C33H24BrN/c1-23-12-14-27(15-13-23)33-31(25-16-18-29(34)19-17-25)22-30-20-28(24-8-4-2-5-9-24)21-32(35(30)33)26-10-6-3-7-11-26/h2-22H,1H3. The number of fused-ring (bicyclic) bond motifs is 1. The fourth-order valence-electron chi connectivity index (χ4n) is 4.77. The smallest absolute Gasteiger partial charge is 0.0613 e. The van der Waals surface area contributed by atoms with Crippen molar-refractivity contribution in [2.75, 3.05) is 0 Å². The molecule has 2 heterocycles. The minimum Gasteiger partial charge on any atom is -0.309 e. The first-order valence-corrected chi connectivity index (χ1v) is 12.6. The van der Waals surface area contributed by atoms with Crippen molar-refractivity contribution >= 4 is 21.4 Å². The van der Waals surface area contributed by atoms with Gasteiger partial charge in [0.2, 0.25) is 0 Å². The fraction of sp³-hybridized carbons (Fsp3) is 0.0303. The van der Waals surface area contributed by atoms with Crippen molar-refractivity contribution in [3.63, 3.8) is 0 Å². The van der Waals surface area contributed by atoms with Crippen molar-refractivity contribution in [1.29, 1.82) is 0 Å². The second kappa shape index (κ2) is 9.05. The first-order valence-electron chi connectivity index (χ1n) is 11.8. The maximum Gasteiger partial charge on any atom is 0.0613 e. The van der Waals surface area contributed by atoms with Gasteiger partial charge in [-0.3, -0.25) is 0 Å². The number of hydrogen-bond donors (Lipinski definition) is 0. The van der Waals surface area contributed by atoms with E-state index < -0.39 is 0 Å². The first kappa shape index (κ1) is 21.6. The number of benzene rings is 4. The highest BCUT2D eigenvalue weighted by molar-refractivity contribution is 9.10. The van der Waals surface area contributed by atoms with Gasteiger partial charge in [0.15, 0.2) is 0 Å². The second-order valence-corrected chi connectivity index (χ2v) is 9.82. The number of pyridine rings is 1. The van der Waals surface area contributed by atoms with E-state index in [0.29, 0.717) is 0 Å². The third-order valence-corrected chi connectivity index (χ3v) is 7.05. The van der Waals surface area contributed by atoms with Gasteiger partial charge in [0.05, 0.1) is 11.4 Å². The summed E-state index contributed by atoms with van der Waals surface area (Å²) in [6.07, 6.45) is 0. The zero-order chi connectivity index (χ0) is 23.8. The number of hydrogen-bond acceptors (Lipinski definition) is 0. The molecule has 2 heteroatoms. The van der Waals surface area contributed by atoms with Gasteiger partial charge in [-0.2, -0.15) is 0 Å². The molecule has 168 valence electrons. The Hall–Kier alpha value is -3.88. The van der Waals surface area contributed by atoms with Crippen LogP contribution in [0.5, 0.6) is 0 Å². The lowest BCUT2D eigenvalue weighted by molar-refractivity contribution is 1.21. The van der Waals surface area contributed by atoms with E-state index in [0.717, 1.165) is 4.47 Å². The van der Waals surface area contributed by atoms with Crippen LogP contribution in [0.1, 0.15) is 5.56 Å². The van der Waals surface area contributed by atoms with Crippen LogP contribution < -0.4 is 0 Å². The molecular weight excluding hydrogens is 490 g/mol. The molecule has 6 aromatic rings. The highest BCUT2D eigenvalue weighted by Crippen LogP contribution is 2.40. The van der Waals surface area contributed by atoms with Crippen molar-refractivity contribution in [1.82, 2.24) is 4.40 Å². The molecule has 0 aliphatic heterocycles. The molecule has 0 N–H and O–H groups in total. The summed E-state index contributed by atoms with van der Waals surface area (Å²) in [5.74, 6) is 0. The van der Waals surface area contributed by atoms with E-state index >= 15 is 0 Å². The molecule has 0 spiro atoms. The Bertz CT molecular complexity index is 1610. The third-order valence-electron chi connectivity index (χ3n) is 6.52. The summed E-state index contributed by atoms with van der Waals surface area (Å²) < 4.78 is 3.50. The van der Waals surface area contributed by atoms with Crippen molar-refractivity contribution in [2.24, 2.45) is 0 Å². The quantitative estimate of drug-likeness (QED) is 0.221. The Labute approximate surface area is 214 Å². The molecule has 0 saturated carbocycles. The van der Waals surface area contributed by atoms with Crippen molar-refractivity contribution in [3.05, 3.63) is 137 Å². The molecule has 35 heavy (non-hydrogen) atoms. The van der Waals surface area contributed by atoms with Crippen LogP contribution in [0.25, 0.3) is 50.3 Å². The van der Waals surface area contributed by atoms with Crippen molar-refractivity contribution < 1.29 is 0 Å². The van der Waals surface area contributed by atoms with Gasteiger partial charge < -0.3 is 4.40 Å².